The second kappa shape index (κ2) is 9.62. The van der Waals surface area contributed by atoms with Gasteiger partial charge in [-0.05, 0) is 56.2 Å². The van der Waals surface area contributed by atoms with Gasteiger partial charge in [-0.25, -0.2) is 9.78 Å². The number of hydrogen-bond donors (Lipinski definition) is 1. The highest BCUT2D eigenvalue weighted by Crippen LogP contribution is 2.33. The molecule has 0 spiro atoms. The number of nitrogens with one attached hydrogen (secondary N) is 1. The number of nitrogens with zero attached hydrogens (tertiary/aromatic N) is 3. The molecule has 0 bridgehead atoms. The monoisotopic (exact) mass is 468 g/mol. The molecule has 35 heavy (non-hydrogen) atoms. The number of Topliss-reactive ketones (excluding diaryl/α,β-unsaturated/α-hetero) is 1. The molecule has 3 heterocycles. The number of carbonyl (C=O) groups excluding carboxylic acids is 2. The van der Waals surface area contributed by atoms with Crippen molar-refractivity contribution in [2.45, 2.75) is 25.7 Å². The van der Waals surface area contributed by atoms with E-state index in [1.165, 1.54) is 6.92 Å². The molecule has 0 aliphatic carbocycles. The molecule has 7 heteroatoms. The summed E-state index contributed by atoms with van der Waals surface area (Å²) in [6, 6.07) is 20.9. The van der Waals surface area contributed by atoms with E-state index in [0.717, 1.165) is 41.2 Å². The van der Waals surface area contributed by atoms with E-state index in [1.54, 1.807) is 31.4 Å². The first kappa shape index (κ1) is 22.7. The number of imidazole rings is 1. The van der Waals surface area contributed by atoms with Crippen molar-refractivity contribution in [2.24, 2.45) is 0 Å². The van der Waals surface area contributed by atoms with Gasteiger partial charge in [-0.15, -0.1) is 0 Å². The van der Waals surface area contributed by atoms with Crippen LogP contribution in [0.1, 0.15) is 41.9 Å². The number of rotatable bonds is 5. The van der Waals surface area contributed by atoms with Gasteiger partial charge in [0.15, 0.2) is 5.78 Å². The Bertz CT molecular complexity index is 1390. The second-order valence-electron chi connectivity index (χ2n) is 8.86. The average Bonchev–Trinajstić information content (AvgIpc) is 3.29. The molecule has 1 unspecified atom stereocenters. The van der Waals surface area contributed by atoms with E-state index in [2.05, 4.69) is 15.8 Å². The molecule has 2 amide bonds. The molecule has 5 rings (SSSR count). The third-order valence-electron chi connectivity index (χ3n) is 6.51. The van der Waals surface area contributed by atoms with Gasteiger partial charge in [-0.1, -0.05) is 30.3 Å². The van der Waals surface area contributed by atoms with Gasteiger partial charge in [0.25, 0.3) is 0 Å². The Kier molecular flexibility index (Phi) is 6.23. The van der Waals surface area contributed by atoms with Crippen LogP contribution in [-0.2, 0) is 0 Å². The molecule has 2 aromatic carbocycles. The van der Waals surface area contributed by atoms with Crippen LogP contribution in [-0.4, -0.2) is 46.3 Å². The van der Waals surface area contributed by atoms with Crippen molar-refractivity contribution in [3.05, 3.63) is 84.3 Å². The maximum Gasteiger partial charge on any atom is 0.321 e. The quantitative estimate of drug-likeness (QED) is 0.386. The zero-order valence-electron chi connectivity index (χ0n) is 19.9. The number of likely N-dealkylation sites (tertiary alicyclic amines) is 1. The van der Waals surface area contributed by atoms with Crippen molar-refractivity contribution in [1.29, 1.82) is 0 Å². The average molecular weight is 469 g/mol. The largest absolute Gasteiger partial charge is 0.497 e. The molecular weight excluding hydrogens is 440 g/mol. The van der Waals surface area contributed by atoms with Crippen LogP contribution in [0.5, 0.6) is 5.75 Å². The van der Waals surface area contributed by atoms with Gasteiger partial charge in [-0.2, -0.15) is 0 Å². The van der Waals surface area contributed by atoms with Crippen molar-refractivity contribution >= 4 is 23.0 Å². The normalized spacial score (nSPS) is 15.7. The molecule has 1 aliphatic heterocycles. The summed E-state index contributed by atoms with van der Waals surface area (Å²) < 4.78 is 7.55. The molecule has 0 radical (unpaired) electrons. The lowest BCUT2D eigenvalue weighted by atomic mass is 9.97. The van der Waals surface area contributed by atoms with Crippen LogP contribution in [0, 0.1) is 0 Å². The van der Waals surface area contributed by atoms with Gasteiger partial charge < -0.3 is 19.4 Å². The molecular formula is C28H28N4O3. The summed E-state index contributed by atoms with van der Waals surface area (Å²) in [7, 11) is 1.66. The van der Waals surface area contributed by atoms with Crippen LogP contribution in [0.3, 0.4) is 0 Å². The minimum Gasteiger partial charge on any atom is -0.497 e. The summed E-state index contributed by atoms with van der Waals surface area (Å²) >= 11 is 0. The number of ether oxygens (including phenoxy) is 1. The summed E-state index contributed by atoms with van der Waals surface area (Å²) in [5.74, 6) is 1.81. The third kappa shape index (κ3) is 4.62. The number of urea groups is 1. The highest BCUT2D eigenvalue weighted by Gasteiger charge is 2.29. The first-order chi connectivity index (χ1) is 17.0. The minimum absolute atomic E-state index is 0.0304. The molecule has 2 aromatic heterocycles. The number of fused-ring (bicyclic) bond motifs is 1. The fraction of sp³-hybridized carbons (Fsp3) is 0.250. The van der Waals surface area contributed by atoms with E-state index in [9.17, 15) is 9.59 Å². The number of carbonyl (C=O) groups is 2. The minimum atomic E-state index is -0.163. The Morgan fingerprint density at radius 3 is 2.74 bits per heavy atom. The lowest BCUT2D eigenvalue weighted by Gasteiger charge is -2.32. The zero-order chi connectivity index (χ0) is 24.4. The van der Waals surface area contributed by atoms with E-state index in [0.29, 0.717) is 24.3 Å². The fourth-order valence-electron chi connectivity index (χ4n) is 4.72. The summed E-state index contributed by atoms with van der Waals surface area (Å²) in [5.41, 5.74) is 4.13. The Morgan fingerprint density at radius 2 is 1.91 bits per heavy atom. The smallest absolute Gasteiger partial charge is 0.321 e. The standard InChI is InChI=1S/C28H28N4O3/c1-19(33)20-8-5-11-23(16-20)29-28(34)31-14-7-10-22(18-31)27-30-26(25-13-3-4-15-32(25)27)21-9-6-12-24(17-21)35-2/h3-6,8-9,11-13,15-17,22H,7,10,14,18H2,1-2H3,(H,29,34). The number of amides is 2. The molecule has 178 valence electrons. The molecule has 1 saturated heterocycles. The first-order valence-electron chi connectivity index (χ1n) is 11.8. The van der Waals surface area contributed by atoms with Gasteiger partial charge in [0.05, 0.1) is 18.3 Å². The van der Waals surface area contributed by atoms with Crippen LogP contribution in [0.25, 0.3) is 16.8 Å². The van der Waals surface area contributed by atoms with E-state index >= 15 is 0 Å². The van der Waals surface area contributed by atoms with E-state index < -0.39 is 0 Å². The topological polar surface area (TPSA) is 75.9 Å². The fourth-order valence-corrected chi connectivity index (χ4v) is 4.72. The maximum absolute atomic E-state index is 13.1. The van der Waals surface area contributed by atoms with Crippen molar-refractivity contribution in [3.8, 4) is 17.0 Å². The summed E-state index contributed by atoms with van der Waals surface area (Å²) in [4.78, 5) is 31.7. The Labute approximate surface area is 204 Å². The van der Waals surface area contributed by atoms with Gasteiger partial charge in [0.1, 0.15) is 11.6 Å². The van der Waals surface area contributed by atoms with Gasteiger partial charge in [0, 0.05) is 42.0 Å². The number of benzene rings is 2. The van der Waals surface area contributed by atoms with Crippen LogP contribution >= 0.6 is 0 Å². The van der Waals surface area contributed by atoms with Gasteiger partial charge in [-0.3, -0.25) is 4.79 Å². The van der Waals surface area contributed by atoms with Crippen molar-refractivity contribution in [3.63, 3.8) is 0 Å². The molecule has 1 N–H and O–H groups in total. The summed E-state index contributed by atoms with van der Waals surface area (Å²) in [6.45, 7) is 2.77. The predicted octanol–water partition coefficient (Wildman–Crippen LogP) is 5.62. The highest BCUT2D eigenvalue weighted by atomic mass is 16.5. The second-order valence-corrected chi connectivity index (χ2v) is 8.86. The SMILES string of the molecule is COc1cccc(-c2nc(C3CCCN(C(=O)Nc4cccc(C(C)=O)c4)C3)n3ccccc23)c1. The molecule has 1 fully saturated rings. The maximum atomic E-state index is 13.1. The molecule has 4 aromatic rings. The van der Waals surface area contributed by atoms with Crippen molar-refractivity contribution in [2.75, 3.05) is 25.5 Å². The van der Waals surface area contributed by atoms with Gasteiger partial charge in [0.2, 0.25) is 0 Å². The predicted molar refractivity (Wildman–Crippen MR) is 136 cm³/mol. The number of pyridine rings is 1. The Hall–Kier alpha value is -4.13. The third-order valence-corrected chi connectivity index (χ3v) is 6.51. The summed E-state index contributed by atoms with van der Waals surface area (Å²) in [6.07, 6.45) is 3.88. The van der Waals surface area contributed by atoms with Crippen LogP contribution in [0.4, 0.5) is 10.5 Å². The number of piperidine rings is 1. The molecule has 0 saturated carbocycles. The van der Waals surface area contributed by atoms with E-state index in [4.69, 9.17) is 9.72 Å². The van der Waals surface area contributed by atoms with Crippen LogP contribution in [0.2, 0.25) is 0 Å². The van der Waals surface area contributed by atoms with Crippen LogP contribution in [0.15, 0.2) is 72.9 Å². The number of ketones is 1. The van der Waals surface area contributed by atoms with Crippen molar-refractivity contribution < 1.29 is 14.3 Å². The van der Waals surface area contributed by atoms with E-state index in [1.807, 2.05) is 47.5 Å². The first-order valence-corrected chi connectivity index (χ1v) is 11.8. The lowest BCUT2D eigenvalue weighted by Crippen LogP contribution is -2.42. The number of anilines is 1. The van der Waals surface area contributed by atoms with Crippen LogP contribution < -0.4 is 10.1 Å². The Morgan fingerprint density at radius 1 is 1.06 bits per heavy atom. The van der Waals surface area contributed by atoms with Crippen molar-refractivity contribution in [1.82, 2.24) is 14.3 Å². The van der Waals surface area contributed by atoms with Gasteiger partial charge >= 0.3 is 6.03 Å². The highest BCUT2D eigenvalue weighted by molar-refractivity contribution is 5.96. The Balaban J connectivity index is 1.41. The lowest BCUT2D eigenvalue weighted by molar-refractivity contribution is 0.101. The molecule has 1 aliphatic rings. The van der Waals surface area contributed by atoms with E-state index in [-0.39, 0.29) is 17.7 Å². The summed E-state index contributed by atoms with van der Waals surface area (Å²) in [5, 5.41) is 2.95. The number of aromatic nitrogens is 2. The molecule has 1 atom stereocenters. The zero-order valence-corrected chi connectivity index (χ0v) is 19.9. The number of methoxy groups -OCH3 is 1. The molecule has 7 nitrogen and oxygen atoms in total. The number of hydrogen-bond acceptors (Lipinski definition) is 4.